The first kappa shape index (κ1) is 11.3. The summed E-state index contributed by atoms with van der Waals surface area (Å²) in [5.74, 6) is -1.33. The van der Waals surface area contributed by atoms with Crippen molar-refractivity contribution in [1.82, 2.24) is 0 Å². The Bertz CT molecular complexity index is 222. The smallest absolute Gasteiger partial charge is 0.334 e. The fourth-order valence-electron chi connectivity index (χ4n) is 1.36. The van der Waals surface area contributed by atoms with Gasteiger partial charge in [-0.1, -0.05) is 0 Å². The molecule has 0 spiro atoms. The molecule has 0 aromatic heterocycles. The number of ether oxygens (including phenoxy) is 2. The largest absolute Gasteiger partial charge is 0.479 e. The minimum absolute atomic E-state index is 1.03. The van der Waals surface area contributed by atoms with Gasteiger partial charge in [-0.25, -0.2) is 4.79 Å². The standard InChI is InChI=1S/C7H13NO6/c1-13-5-3(9)2(8)4(6(10)11)14-7(5)12/h2-5,7,9,12H,8H2,1H3,(H,10,11)/t2-,3-,4-,5+,7-/m1/s1. The maximum absolute atomic E-state index is 10.6. The molecule has 0 radical (unpaired) electrons. The number of aliphatic carboxylic acids is 1. The highest BCUT2D eigenvalue weighted by Crippen LogP contribution is 2.20. The van der Waals surface area contributed by atoms with Crippen LogP contribution in [0.5, 0.6) is 0 Å². The monoisotopic (exact) mass is 207 g/mol. The van der Waals surface area contributed by atoms with Gasteiger partial charge in [0.1, 0.15) is 12.2 Å². The number of hydrogen-bond donors (Lipinski definition) is 4. The highest BCUT2D eigenvalue weighted by atomic mass is 16.7. The molecule has 1 saturated heterocycles. The Morgan fingerprint density at radius 2 is 2.07 bits per heavy atom. The predicted octanol–water partition coefficient (Wildman–Crippen LogP) is -2.51. The molecule has 5 atom stereocenters. The summed E-state index contributed by atoms with van der Waals surface area (Å²) < 4.78 is 9.40. The van der Waals surface area contributed by atoms with Crippen LogP contribution in [0.15, 0.2) is 0 Å². The van der Waals surface area contributed by atoms with Gasteiger partial charge < -0.3 is 30.5 Å². The normalized spacial score (nSPS) is 43.6. The van der Waals surface area contributed by atoms with E-state index in [9.17, 15) is 15.0 Å². The van der Waals surface area contributed by atoms with Crippen molar-refractivity contribution in [3.8, 4) is 0 Å². The molecule has 7 nitrogen and oxygen atoms in total. The molecule has 0 amide bonds. The number of aliphatic hydroxyl groups excluding tert-OH is 2. The zero-order valence-corrected chi connectivity index (χ0v) is 7.53. The number of aliphatic hydroxyl groups is 2. The number of carboxylic acids is 1. The average molecular weight is 207 g/mol. The number of carbonyl (C=O) groups is 1. The molecule has 14 heavy (non-hydrogen) atoms. The Balaban J connectivity index is 2.77. The third-order valence-corrected chi connectivity index (χ3v) is 2.16. The van der Waals surface area contributed by atoms with Crippen LogP contribution in [0, 0.1) is 0 Å². The molecular weight excluding hydrogens is 194 g/mol. The highest BCUT2D eigenvalue weighted by molar-refractivity contribution is 5.73. The van der Waals surface area contributed by atoms with Crippen LogP contribution in [0.3, 0.4) is 0 Å². The molecule has 1 fully saturated rings. The van der Waals surface area contributed by atoms with Gasteiger partial charge in [0.2, 0.25) is 0 Å². The molecule has 1 rings (SSSR count). The van der Waals surface area contributed by atoms with Gasteiger partial charge in [0, 0.05) is 7.11 Å². The number of hydrogen-bond acceptors (Lipinski definition) is 6. The lowest BCUT2D eigenvalue weighted by Crippen LogP contribution is -2.63. The van der Waals surface area contributed by atoms with Crippen LogP contribution in [-0.2, 0) is 14.3 Å². The lowest BCUT2D eigenvalue weighted by molar-refractivity contribution is -0.260. The first-order valence-corrected chi connectivity index (χ1v) is 4.01. The van der Waals surface area contributed by atoms with Gasteiger partial charge in [-0.05, 0) is 0 Å². The minimum Gasteiger partial charge on any atom is -0.479 e. The molecular formula is C7H13NO6. The molecule has 1 aliphatic rings. The zero-order chi connectivity index (χ0) is 10.9. The highest BCUT2D eigenvalue weighted by Gasteiger charge is 2.46. The van der Waals surface area contributed by atoms with E-state index in [4.69, 9.17) is 15.6 Å². The lowest BCUT2D eigenvalue weighted by atomic mass is 9.97. The van der Waals surface area contributed by atoms with Crippen LogP contribution < -0.4 is 5.73 Å². The van der Waals surface area contributed by atoms with E-state index in [1.165, 1.54) is 7.11 Å². The molecule has 0 aromatic carbocycles. The molecule has 0 aromatic rings. The Kier molecular flexibility index (Phi) is 3.40. The van der Waals surface area contributed by atoms with E-state index in [-0.39, 0.29) is 0 Å². The summed E-state index contributed by atoms with van der Waals surface area (Å²) in [7, 11) is 1.26. The molecule has 0 aliphatic carbocycles. The predicted molar refractivity (Wildman–Crippen MR) is 43.3 cm³/mol. The molecule has 1 heterocycles. The van der Waals surface area contributed by atoms with Crippen molar-refractivity contribution in [3.63, 3.8) is 0 Å². The SMILES string of the molecule is CO[C@H]1[C@H](O)[C@@H](N)[C@H](C(=O)O)O[C@H]1O. The van der Waals surface area contributed by atoms with Crippen molar-refractivity contribution in [2.24, 2.45) is 5.73 Å². The Morgan fingerprint density at radius 3 is 2.50 bits per heavy atom. The molecule has 0 saturated carbocycles. The van der Waals surface area contributed by atoms with Gasteiger partial charge in [0.15, 0.2) is 12.4 Å². The summed E-state index contributed by atoms with van der Waals surface area (Å²) in [6.45, 7) is 0. The van der Waals surface area contributed by atoms with Gasteiger partial charge in [0.25, 0.3) is 0 Å². The summed E-state index contributed by atoms with van der Waals surface area (Å²) in [5.41, 5.74) is 5.40. The number of methoxy groups -OCH3 is 1. The average Bonchev–Trinajstić information content (AvgIpc) is 2.12. The maximum atomic E-state index is 10.6. The first-order valence-electron chi connectivity index (χ1n) is 4.01. The summed E-state index contributed by atoms with van der Waals surface area (Å²) in [4.78, 5) is 10.6. The van der Waals surface area contributed by atoms with E-state index in [1.807, 2.05) is 0 Å². The van der Waals surface area contributed by atoms with Crippen molar-refractivity contribution >= 4 is 5.97 Å². The van der Waals surface area contributed by atoms with Crippen molar-refractivity contribution in [3.05, 3.63) is 0 Å². The summed E-state index contributed by atoms with van der Waals surface area (Å²) in [5, 5.41) is 27.4. The Morgan fingerprint density at radius 1 is 1.50 bits per heavy atom. The lowest BCUT2D eigenvalue weighted by Gasteiger charge is -2.38. The van der Waals surface area contributed by atoms with E-state index in [2.05, 4.69) is 4.74 Å². The van der Waals surface area contributed by atoms with Gasteiger partial charge in [-0.2, -0.15) is 0 Å². The van der Waals surface area contributed by atoms with Gasteiger partial charge in [0.05, 0.1) is 6.04 Å². The van der Waals surface area contributed by atoms with Crippen molar-refractivity contribution < 1.29 is 29.6 Å². The Hall–Kier alpha value is -0.730. The Labute approximate surface area is 80.0 Å². The number of rotatable bonds is 2. The molecule has 7 heteroatoms. The van der Waals surface area contributed by atoms with Crippen molar-refractivity contribution in [1.29, 1.82) is 0 Å². The fourth-order valence-corrected chi connectivity index (χ4v) is 1.36. The number of carboxylic acid groups (broad SMARTS) is 1. The van der Waals surface area contributed by atoms with Gasteiger partial charge in [-0.15, -0.1) is 0 Å². The van der Waals surface area contributed by atoms with Crippen molar-refractivity contribution in [2.45, 2.75) is 30.6 Å². The quantitative estimate of drug-likeness (QED) is 0.394. The third-order valence-electron chi connectivity index (χ3n) is 2.16. The maximum Gasteiger partial charge on any atom is 0.334 e. The van der Waals surface area contributed by atoms with E-state index >= 15 is 0 Å². The van der Waals surface area contributed by atoms with E-state index in [0.29, 0.717) is 0 Å². The molecule has 0 unspecified atom stereocenters. The minimum atomic E-state index is -1.49. The summed E-state index contributed by atoms with van der Waals surface area (Å²) in [6.07, 6.45) is -5.22. The van der Waals surface area contributed by atoms with Crippen LogP contribution in [0.1, 0.15) is 0 Å². The molecule has 5 N–H and O–H groups in total. The van der Waals surface area contributed by atoms with Gasteiger partial charge in [-0.3, -0.25) is 0 Å². The molecule has 1 aliphatic heterocycles. The van der Waals surface area contributed by atoms with E-state index < -0.39 is 36.6 Å². The van der Waals surface area contributed by atoms with Crippen LogP contribution in [0.2, 0.25) is 0 Å². The van der Waals surface area contributed by atoms with E-state index in [0.717, 1.165) is 0 Å². The first-order chi connectivity index (χ1) is 6.49. The summed E-state index contributed by atoms with van der Waals surface area (Å²) >= 11 is 0. The topological polar surface area (TPSA) is 122 Å². The van der Waals surface area contributed by atoms with Gasteiger partial charge >= 0.3 is 5.97 Å². The second-order valence-electron chi connectivity index (χ2n) is 3.05. The fraction of sp³-hybridized carbons (Fsp3) is 0.857. The summed E-state index contributed by atoms with van der Waals surface area (Å²) in [6, 6.07) is -1.12. The van der Waals surface area contributed by atoms with Crippen LogP contribution in [0.25, 0.3) is 0 Å². The number of nitrogens with two attached hydrogens (primary N) is 1. The third kappa shape index (κ3) is 1.86. The van der Waals surface area contributed by atoms with Crippen LogP contribution in [-0.4, -0.2) is 59.0 Å². The second kappa shape index (κ2) is 4.20. The zero-order valence-electron chi connectivity index (χ0n) is 7.53. The molecule has 0 bridgehead atoms. The van der Waals surface area contributed by atoms with Crippen LogP contribution >= 0.6 is 0 Å². The van der Waals surface area contributed by atoms with E-state index in [1.54, 1.807) is 0 Å². The molecule has 82 valence electrons. The second-order valence-corrected chi connectivity index (χ2v) is 3.05. The van der Waals surface area contributed by atoms with Crippen LogP contribution in [0.4, 0.5) is 0 Å². The van der Waals surface area contributed by atoms with Crippen molar-refractivity contribution in [2.75, 3.05) is 7.11 Å².